The van der Waals surface area contributed by atoms with Gasteiger partial charge >= 0.3 is 0 Å². The van der Waals surface area contributed by atoms with Crippen LogP contribution < -0.4 is 10.1 Å². The molecule has 3 rings (SSSR count). The summed E-state index contributed by atoms with van der Waals surface area (Å²) in [5.41, 5.74) is 3.28. The highest BCUT2D eigenvalue weighted by Gasteiger charge is 2.26. The number of rotatable bonds is 1. The van der Waals surface area contributed by atoms with Crippen LogP contribution in [0.2, 0.25) is 0 Å². The third-order valence-corrected chi connectivity index (χ3v) is 4.48. The molecule has 0 spiro atoms. The minimum atomic E-state index is -0.158. The molecule has 0 saturated carbocycles. The van der Waals surface area contributed by atoms with Gasteiger partial charge in [-0.05, 0) is 32.0 Å². The molecule has 4 heteroatoms. The zero-order valence-electron chi connectivity index (χ0n) is 13.3. The highest BCUT2D eigenvalue weighted by molar-refractivity contribution is 7.13. The summed E-state index contributed by atoms with van der Waals surface area (Å²) < 4.78 is 5.99. The number of nitrogens with zero attached hydrogens (tertiary/aromatic N) is 1. The predicted molar refractivity (Wildman–Crippen MR) is 89.4 cm³/mol. The van der Waals surface area contributed by atoms with Gasteiger partial charge in [0.05, 0.1) is 17.9 Å². The first-order chi connectivity index (χ1) is 9.74. The Labute approximate surface area is 130 Å². The van der Waals surface area contributed by atoms with Crippen molar-refractivity contribution >= 4 is 17.0 Å². The van der Waals surface area contributed by atoms with Gasteiger partial charge < -0.3 is 10.1 Å². The first kappa shape index (κ1) is 14.4. The van der Waals surface area contributed by atoms with Crippen LogP contribution in [0.3, 0.4) is 0 Å². The van der Waals surface area contributed by atoms with Gasteiger partial charge in [-0.15, -0.1) is 11.3 Å². The molecule has 0 amide bonds. The van der Waals surface area contributed by atoms with E-state index in [2.05, 4.69) is 57.4 Å². The number of anilines is 1. The van der Waals surface area contributed by atoms with Crippen LogP contribution in [0, 0.1) is 0 Å². The number of aromatic nitrogens is 1. The average molecular weight is 302 g/mol. The number of benzene rings is 1. The lowest BCUT2D eigenvalue weighted by Gasteiger charge is -2.33. The number of nitrogens with one attached hydrogen (secondary N) is 1. The molecule has 2 heterocycles. The largest absolute Gasteiger partial charge is 0.484 e. The molecule has 112 valence electrons. The Bertz CT molecular complexity index is 668. The summed E-state index contributed by atoms with van der Waals surface area (Å²) in [5.74, 6) is 0.919. The summed E-state index contributed by atoms with van der Waals surface area (Å²) in [6.45, 7) is 11.6. The van der Waals surface area contributed by atoms with E-state index in [-0.39, 0.29) is 11.0 Å². The average Bonchev–Trinajstić information content (AvgIpc) is 2.86. The number of hydrogen-bond acceptors (Lipinski definition) is 4. The minimum absolute atomic E-state index is 0.0916. The molecule has 1 aliphatic rings. The number of thiazole rings is 1. The molecular weight excluding hydrogens is 280 g/mol. The van der Waals surface area contributed by atoms with Gasteiger partial charge in [0.1, 0.15) is 16.4 Å². The molecule has 21 heavy (non-hydrogen) atoms. The van der Waals surface area contributed by atoms with Crippen LogP contribution in [0.5, 0.6) is 5.75 Å². The highest BCUT2D eigenvalue weighted by Crippen LogP contribution is 2.37. The molecule has 3 nitrogen and oxygen atoms in total. The van der Waals surface area contributed by atoms with E-state index in [4.69, 9.17) is 9.72 Å². The Morgan fingerprint density at radius 3 is 2.71 bits per heavy atom. The van der Waals surface area contributed by atoms with Crippen molar-refractivity contribution in [3.8, 4) is 16.3 Å². The third kappa shape index (κ3) is 2.91. The van der Waals surface area contributed by atoms with E-state index in [1.165, 1.54) is 0 Å². The third-order valence-electron chi connectivity index (χ3n) is 3.59. The second-order valence-corrected chi connectivity index (χ2v) is 8.07. The van der Waals surface area contributed by atoms with E-state index in [1.807, 2.05) is 6.07 Å². The van der Waals surface area contributed by atoms with Crippen molar-refractivity contribution in [3.63, 3.8) is 0 Å². The van der Waals surface area contributed by atoms with Crippen molar-refractivity contribution in [1.29, 1.82) is 0 Å². The van der Waals surface area contributed by atoms with Crippen LogP contribution in [0.25, 0.3) is 10.6 Å². The maximum Gasteiger partial charge on any atom is 0.143 e. The van der Waals surface area contributed by atoms with Crippen LogP contribution in [0.1, 0.15) is 40.3 Å². The van der Waals surface area contributed by atoms with Gasteiger partial charge in [-0.2, -0.15) is 0 Å². The molecule has 1 aliphatic heterocycles. The van der Waals surface area contributed by atoms with Crippen molar-refractivity contribution in [3.05, 3.63) is 29.3 Å². The van der Waals surface area contributed by atoms with Crippen LogP contribution in [-0.4, -0.2) is 17.1 Å². The summed E-state index contributed by atoms with van der Waals surface area (Å²) in [5, 5.41) is 6.67. The predicted octanol–water partition coefficient (Wildman–Crippen LogP) is 4.69. The second-order valence-electron chi connectivity index (χ2n) is 7.21. The Balaban J connectivity index is 1.93. The second kappa shape index (κ2) is 4.73. The van der Waals surface area contributed by atoms with E-state index in [1.54, 1.807) is 11.3 Å². The molecule has 2 aromatic rings. The van der Waals surface area contributed by atoms with Gasteiger partial charge in [0.15, 0.2) is 0 Å². The Morgan fingerprint density at radius 1 is 1.29 bits per heavy atom. The molecule has 1 aromatic carbocycles. The topological polar surface area (TPSA) is 34.2 Å². The monoisotopic (exact) mass is 302 g/mol. The van der Waals surface area contributed by atoms with Crippen LogP contribution in [0.4, 0.5) is 5.69 Å². The van der Waals surface area contributed by atoms with Crippen molar-refractivity contribution < 1.29 is 4.74 Å². The van der Waals surface area contributed by atoms with Gasteiger partial charge in [-0.1, -0.05) is 20.8 Å². The van der Waals surface area contributed by atoms with E-state index >= 15 is 0 Å². The zero-order chi connectivity index (χ0) is 15.3. The fourth-order valence-electron chi connectivity index (χ4n) is 2.28. The minimum Gasteiger partial charge on any atom is -0.484 e. The lowest BCUT2D eigenvalue weighted by atomic mass is 9.93. The van der Waals surface area contributed by atoms with Gasteiger partial charge in [-0.3, -0.25) is 0 Å². The standard InChI is InChI=1S/C17H22N2OS/c1-16(2,3)14-9-21-15(19-14)11-6-7-13-12(8-11)18-10-17(4,5)20-13/h6-9,18H,10H2,1-5H3. The lowest BCUT2D eigenvalue weighted by Crippen LogP contribution is -2.39. The quantitative estimate of drug-likeness (QED) is 0.829. The number of hydrogen-bond donors (Lipinski definition) is 1. The van der Waals surface area contributed by atoms with Gasteiger partial charge in [-0.25, -0.2) is 4.98 Å². The van der Waals surface area contributed by atoms with Gasteiger partial charge in [0.25, 0.3) is 0 Å². The van der Waals surface area contributed by atoms with Crippen molar-refractivity contribution in [2.45, 2.75) is 45.6 Å². The number of fused-ring (bicyclic) bond motifs is 1. The molecule has 0 aliphatic carbocycles. The SMILES string of the molecule is CC1(C)CNc2cc(-c3nc(C(C)(C)C)cs3)ccc2O1. The van der Waals surface area contributed by atoms with Gasteiger partial charge in [0.2, 0.25) is 0 Å². The first-order valence-corrected chi connectivity index (χ1v) is 8.16. The molecule has 0 fully saturated rings. The maximum atomic E-state index is 5.99. The summed E-state index contributed by atoms with van der Waals surface area (Å²) >= 11 is 1.70. The van der Waals surface area contributed by atoms with Crippen LogP contribution >= 0.6 is 11.3 Å². The Hall–Kier alpha value is -1.55. The van der Waals surface area contributed by atoms with Crippen molar-refractivity contribution in [2.75, 3.05) is 11.9 Å². The lowest BCUT2D eigenvalue weighted by molar-refractivity contribution is 0.116. The summed E-state index contributed by atoms with van der Waals surface area (Å²) in [7, 11) is 0. The smallest absolute Gasteiger partial charge is 0.143 e. The van der Waals surface area contributed by atoms with E-state index < -0.39 is 0 Å². The van der Waals surface area contributed by atoms with E-state index in [0.29, 0.717) is 0 Å². The fraction of sp³-hybridized carbons (Fsp3) is 0.471. The Kier molecular flexibility index (Phi) is 3.24. The molecule has 1 aromatic heterocycles. The van der Waals surface area contributed by atoms with E-state index in [9.17, 15) is 0 Å². The normalized spacial score (nSPS) is 16.8. The molecular formula is C17H22N2OS. The van der Waals surface area contributed by atoms with Crippen molar-refractivity contribution in [1.82, 2.24) is 4.98 Å². The highest BCUT2D eigenvalue weighted by atomic mass is 32.1. The molecule has 0 radical (unpaired) electrons. The van der Waals surface area contributed by atoms with Gasteiger partial charge in [0, 0.05) is 16.4 Å². The van der Waals surface area contributed by atoms with Crippen molar-refractivity contribution in [2.24, 2.45) is 0 Å². The maximum absolute atomic E-state index is 5.99. The summed E-state index contributed by atoms with van der Waals surface area (Å²) in [4.78, 5) is 4.78. The fourth-order valence-corrected chi connectivity index (χ4v) is 3.33. The molecule has 1 N–H and O–H groups in total. The number of ether oxygens (including phenoxy) is 1. The van der Waals surface area contributed by atoms with Crippen LogP contribution in [-0.2, 0) is 5.41 Å². The molecule has 0 bridgehead atoms. The molecule has 0 saturated heterocycles. The summed E-state index contributed by atoms with van der Waals surface area (Å²) in [6.07, 6.45) is 0. The first-order valence-electron chi connectivity index (χ1n) is 7.28. The zero-order valence-corrected chi connectivity index (χ0v) is 14.1. The Morgan fingerprint density at radius 2 is 2.05 bits per heavy atom. The van der Waals surface area contributed by atoms with E-state index in [0.717, 1.165) is 34.2 Å². The summed E-state index contributed by atoms with van der Waals surface area (Å²) in [6, 6.07) is 6.26. The van der Waals surface area contributed by atoms with Crippen LogP contribution in [0.15, 0.2) is 23.6 Å². The molecule has 0 atom stereocenters. The molecule has 0 unspecified atom stereocenters.